The minimum atomic E-state index is 0.258. The van der Waals surface area contributed by atoms with E-state index < -0.39 is 0 Å². The molecule has 2 aromatic carbocycles. The molecule has 0 bridgehead atoms. The third-order valence-corrected chi connectivity index (χ3v) is 6.18. The van der Waals surface area contributed by atoms with E-state index in [4.69, 9.17) is 14.5 Å². The highest BCUT2D eigenvalue weighted by Gasteiger charge is 2.20. The molecule has 2 aromatic heterocycles. The number of hydrogen-bond acceptors (Lipinski definition) is 5. The van der Waals surface area contributed by atoms with Crippen LogP contribution in [0.1, 0.15) is 37.1 Å². The van der Waals surface area contributed by atoms with Crippen molar-refractivity contribution in [2.24, 2.45) is 0 Å². The number of benzene rings is 2. The molecule has 6 heteroatoms. The molecule has 1 aliphatic rings. The van der Waals surface area contributed by atoms with Crippen molar-refractivity contribution in [2.45, 2.75) is 31.8 Å². The maximum absolute atomic E-state index is 6.36. The zero-order valence-corrected chi connectivity index (χ0v) is 17.6. The first-order chi connectivity index (χ1) is 14.8. The highest BCUT2D eigenvalue weighted by Crippen LogP contribution is 2.36. The first-order valence-electron chi connectivity index (χ1n) is 10.2. The number of imidazole rings is 1. The van der Waals surface area contributed by atoms with Crippen LogP contribution >= 0.6 is 11.3 Å². The zero-order valence-electron chi connectivity index (χ0n) is 16.8. The van der Waals surface area contributed by atoms with E-state index in [0.717, 1.165) is 51.9 Å². The maximum Gasteiger partial charge on any atom is 0.195 e. The lowest BCUT2D eigenvalue weighted by Gasteiger charge is -2.18. The highest BCUT2D eigenvalue weighted by molar-refractivity contribution is 7.12. The number of fused-ring (bicyclic) bond motifs is 1. The van der Waals surface area contributed by atoms with Gasteiger partial charge in [-0.05, 0) is 56.0 Å². The predicted molar refractivity (Wildman–Crippen MR) is 122 cm³/mol. The SMILES string of the molecule is COc1cccc(/C=C/c2nc3ccccc3n2-c2nccs2)c1OC1CCCC1. The Hall–Kier alpha value is -3.12. The van der Waals surface area contributed by atoms with Crippen LogP contribution in [0.4, 0.5) is 0 Å². The van der Waals surface area contributed by atoms with Crippen LogP contribution in [-0.4, -0.2) is 27.7 Å². The van der Waals surface area contributed by atoms with Crippen molar-refractivity contribution in [1.82, 2.24) is 14.5 Å². The van der Waals surface area contributed by atoms with Crippen molar-refractivity contribution in [1.29, 1.82) is 0 Å². The molecule has 1 saturated carbocycles. The number of para-hydroxylation sites is 3. The lowest BCUT2D eigenvalue weighted by atomic mass is 10.1. The number of hydrogen-bond donors (Lipinski definition) is 0. The first kappa shape index (κ1) is 18.9. The Morgan fingerprint density at radius 3 is 2.73 bits per heavy atom. The van der Waals surface area contributed by atoms with Crippen LogP contribution in [0.15, 0.2) is 54.0 Å². The monoisotopic (exact) mass is 417 g/mol. The lowest BCUT2D eigenvalue weighted by Crippen LogP contribution is -2.12. The average Bonchev–Trinajstić information content (AvgIpc) is 3.53. The van der Waals surface area contributed by atoms with Crippen LogP contribution in [0.5, 0.6) is 11.5 Å². The summed E-state index contributed by atoms with van der Waals surface area (Å²) < 4.78 is 14.0. The summed E-state index contributed by atoms with van der Waals surface area (Å²) >= 11 is 1.60. The van der Waals surface area contributed by atoms with Crippen molar-refractivity contribution in [3.05, 3.63) is 65.4 Å². The van der Waals surface area contributed by atoms with Crippen LogP contribution in [0.25, 0.3) is 28.3 Å². The molecule has 0 spiro atoms. The molecule has 5 rings (SSSR count). The Morgan fingerprint density at radius 2 is 1.93 bits per heavy atom. The van der Waals surface area contributed by atoms with Crippen molar-refractivity contribution in [3.63, 3.8) is 0 Å². The Morgan fingerprint density at radius 1 is 1.07 bits per heavy atom. The van der Waals surface area contributed by atoms with Crippen LogP contribution < -0.4 is 9.47 Å². The molecule has 1 fully saturated rings. The average molecular weight is 418 g/mol. The van der Waals surface area contributed by atoms with E-state index in [0.29, 0.717) is 0 Å². The van der Waals surface area contributed by atoms with Crippen molar-refractivity contribution in [2.75, 3.05) is 7.11 Å². The third-order valence-electron chi connectivity index (χ3n) is 5.43. The van der Waals surface area contributed by atoms with Gasteiger partial charge in [-0.2, -0.15) is 0 Å². The number of aromatic nitrogens is 3. The predicted octanol–water partition coefficient (Wildman–Crippen LogP) is 5.98. The summed E-state index contributed by atoms with van der Waals surface area (Å²) in [5, 5.41) is 2.88. The van der Waals surface area contributed by atoms with Gasteiger partial charge in [0.1, 0.15) is 5.82 Å². The molecule has 0 atom stereocenters. The van der Waals surface area contributed by atoms with Gasteiger partial charge >= 0.3 is 0 Å². The molecule has 0 amide bonds. The summed E-state index contributed by atoms with van der Waals surface area (Å²) in [6.07, 6.45) is 10.8. The van der Waals surface area contributed by atoms with Gasteiger partial charge in [-0.15, -0.1) is 11.3 Å². The summed E-state index contributed by atoms with van der Waals surface area (Å²) in [6.45, 7) is 0. The Labute approximate surface area is 179 Å². The zero-order chi connectivity index (χ0) is 20.3. The van der Waals surface area contributed by atoms with E-state index in [9.17, 15) is 0 Å². The summed E-state index contributed by atoms with van der Waals surface area (Å²) in [6, 6.07) is 14.1. The Balaban J connectivity index is 1.56. The largest absolute Gasteiger partial charge is 0.493 e. The minimum Gasteiger partial charge on any atom is -0.493 e. The minimum absolute atomic E-state index is 0.258. The third kappa shape index (κ3) is 3.59. The van der Waals surface area contributed by atoms with Crippen LogP contribution in [-0.2, 0) is 0 Å². The summed E-state index contributed by atoms with van der Waals surface area (Å²) in [5.74, 6) is 2.40. The maximum atomic E-state index is 6.36. The van der Waals surface area contributed by atoms with Gasteiger partial charge in [-0.3, -0.25) is 4.57 Å². The van der Waals surface area contributed by atoms with E-state index >= 15 is 0 Å². The molecular formula is C24H23N3O2S. The van der Waals surface area contributed by atoms with Gasteiger partial charge in [-0.25, -0.2) is 9.97 Å². The van der Waals surface area contributed by atoms with Crippen LogP contribution in [0.3, 0.4) is 0 Å². The van der Waals surface area contributed by atoms with Gasteiger partial charge in [0.15, 0.2) is 16.6 Å². The highest BCUT2D eigenvalue weighted by atomic mass is 32.1. The Bertz CT molecular complexity index is 1170. The first-order valence-corrected chi connectivity index (χ1v) is 11.1. The quantitative estimate of drug-likeness (QED) is 0.387. The van der Waals surface area contributed by atoms with Crippen molar-refractivity contribution < 1.29 is 9.47 Å². The molecule has 30 heavy (non-hydrogen) atoms. The van der Waals surface area contributed by atoms with Gasteiger partial charge in [0.2, 0.25) is 0 Å². The molecule has 5 nitrogen and oxygen atoms in total. The molecule has 0 N–H and O–H groups in total. The van der Waals surface area contributed by atoms with E-state index in [1.807, 2.05) is 48.0 Å². The Kier molecular flexibility index (Phi) is 5.24. The molecule has 4 aromatic rings. The molecule has 2 heterocycles. The van der Waals surface area contributed by atoms with Gasteiger partial charge in [0.25, 0.3) is 0 Å². The van der Waals surface area contributed by atoms with Crippen LogP contribution in [0.2, 0.25) is 0 Å². The molecule has 0 aliphatic heterocycles. The molecule has 0 unspecified atom stereocenters. The molecule has 152 valence electrons. The molecule has 0 radical (unpaired) electrons. The van der Waals surface area contributed by atoms with Crippen LogP contribution in [0, 0.1) is 0 Å². The normalized spacial score (nSPS) is 14.7. The standard InChI is InChI=1S/C24H23N3O2S/c1-28-21-12-6-7-17(23(21)29-18-8-2-3-9-18)13-14-22-26-19-10-4-5-11-20(19)27(22)24-25-15-16-30-24/h4-7,10-16,18H,2-3,8-9H2,1H3/b14-13+. The number of ether oxygens (including phenoxy) is 2. The lowest BCUT2D eigenvalue weighted by molar-refractivity contribution is 0.200. The van der Waals surface area contributed by atoms with E-state index in [2.05, 4.69) is 27.8 Å². The van der Waals surface area contributed by atoms with Gasteiger partial charge in [-0.1, -0.05) is 24.3 Å². The molecular weight excluding hydrogens is 394 g/mol. The van der Waals surface area contributed by atoms with E-state index in [1.54, 1.807) is 18.4 Å². The summed E-state index contributed by atoms with van der Waals surface area (Å²) in [4.78, 5) is 9.33. The van der Waals surface area contributed by atoms with E-state index in [1.165, 1.54) is 12.8 Å². The number of methoxy groups -OCH3 is 1. The topological polar surface area (TPSA) is 49.2 Å². The second kappa shape index (κ2) is 8.32. The van der Waals surface area contributed by atoms with Gasteiger partial charge in [0, 0.05) is 17.1 Å². The number of nitrogens with zero attached hydrogens (tertiary/aromatic N) is 3. The number of thiazole rings is 1. The van der Waals surface area contributed by atoms with Crippen molar-refractivity contribution >= 4 is 34.5 Å². The molecule has 1 aliphatic carbocycles. The second-order valence-corrected chi connectivity index (χ2v) is 8.22. The second-order valence-electron chi connectivity index (χ2n) is 7.35. The van der Waals surface area contributed by atoms with Gasteiger partial charge < -0.3 is 9.47 Å². The fraction of sp³-hybridized carbons (Fsp3) is 0.250. The molecule has 0 saturated heterocycles. The van der Waals surface area contributed by atoms with Gasteiger partial charge in [0.05, 0.1) is 24.2 Å². The summed E-state index contributed by atoms with van der Waals surface area (Å²) in [5.41, 5.74) is 2.97. The van der Waals surface area contributed by atoms with E-state index in [-0.39, 0.29) is 6.10 Å². The number of rotatable bonds is 6. The fourth-order valence-corrected chi connectivity index (χ4v) is 4.63. The smallest absolute Gasteiger partial charge is 0.195 e. The fourth-order valence-electron chi connectivity index (χ4n) is 3.97. The summed E-state index contributed by atoms with van der Waals surface area (Å²) in [7, 11) is 1.69. The van der Waals surface area contributed by atoms with Crippen molar-refractivity contribution in [3.8, 4) is 16.6 Å².